The number of rotatable bonds is 11. The largest absolute Gasteiger partial charge is 0.508 e. The molecule has 1 N–H and O–H groups in total. The first-order valence-corrected chi connectivity index (χ1v) is 20.9. The van der Waals surface area contributed by atoms with Crippen molar-refractivity contribution in [2.45, 2.75) is 69.4 Å². The number of ether oxygens (including phenoxy) is 1. The summed E-state index contributed by atoms with van der Waals surface area (Å²) in [4.78, 5) is 18.1. The van der Waals surface area contributed by atoms with E-state index < -0.39 is 31.1 Å². The maximum Gasteiger partial charge on any atom is 0.409 e. The molecule has 2 aromatic heterocycles. The van der Waals surface area contributed by atoms with E-state index in [1.807, 2.05) is 39.9 Å². The number of nitrogens with zero attached hydrogens (tertiary/aromatic N) is 6. The van der Waals surface area contributed by atoms with Crippen LogP contribution in [-0.2, 0) is 20.2 Å². The van der Waals surface area contributed by atoms with Crippen LogP contribution in [0.4, 0.5) is 19.0 Å². The van der Waals surface area contributed by atoms with Crippen LogP contribution in [0.3, 0.4) is 0 Å². The molecule has 11 nitrogen and oxygen atoms in total. The highest BCUT2D eigenvalue weighted by molar-refractivity contribution is 7.51. The number of anilines is 1. The summed E-state index contributed by atoms with van der Waals surface area (Å²) in [5, 5.41) is 11.6. The predicted molar refractivity (Wildman–Crippen MR) is 210 cm³/mol. The van der Waals surface area contributed by atoms with Gasteiger partial charge in [0.1, 0.15) is 41.4 Å². The molecule has 4 saturated heterocycles. The molecule has 4 fully saturated rings. The van der Waals surface area contributed by atoms with Gasteiger partial charge in [-0.3, -0.25) is 18.9 Å². The van der Waals surface area contributed by atoms with Crippen molar-refractivity contribution in [1.29, 1.82) is 0 Å². The number of halogens is 3. The average Bonchev–Trinajstić information content (AvgIpc) is 3.83. The van der Waals surface area contributed by atoms with E-state index in [0.29, 0.717) is 42.6 Å². The summed E-state index contributed by atoms with van der Waals surface area (Å²) in [6.07, 6.45) is 9.65. The summed E-state index contributed by atoms with van der Waals surface area (Å²) >= 11 is 0. The van der Waals surface area contributed by atoms with Crippen molar-refractivity contribution in [3.05, 3.63) is 83.6 Å². The van der Waals surface area contributed by atoms with Gasteiger partial charge < -0.3 is 14.7 Å². The Morgan fingerprint density at radius 2 is 1.84 bits per heavy atom. The molecule has 0 saturated carbocycles. The second kappa shape index (κ2) is 14.9. The number of aromatic hydroxyl groups is 1. The number of hydrogen-bond donors (Lipinski definition) is 1. The van der Waals surface area contributed by atoms with E-state index >= 15 is 8.78 Å². The minimum absolute atomic E-state index is 0.0887. The summed E-state index contributed by atoms with van der Waals surface area (Å²) in [5.41, 5.74) is 0.0542. The first kappa shape index (κ1) is 37.8. The smallest absolute Gasteiger partial charge is 0.409 e. The average molecular weight is 799 g/mol. The van der Waals surface area contributed by atoms with Gasteiger partial charge in [0.2, 0.25) is 0 Å². The Labute approximate surface area is 328 Å². The van der Waals surface area contributed by atoms with Gasteiger partial charge in [-0.1, -0.05) is 42.3 Å². The lowest BCUT2D eigenvalue weighted by molar-refractivity contribution is 0.107. The molecule has 0 aliphatic carbocycles. The van der Waals surface area contributed by atoms with E-state index in [1.165, 1.54) is 30.5 Å². The molecule has 0 amide bonds. The number of hydrogen-bond acceptors (Lipinski definition) is 10. The van der Waals surface area contributed by atoms with Crippen LogP contribution in [-0.4, -0.2) is 92.8 Å². The molecule has 2 bridgehead atoms. The third-order valence-corrected chi connectivity index (χ3v) is 14.1. The molecule has 296 valence electrons. The molecule has 4 aliphatic rings. The van der Waals surface area contributed by atoms with Gasteiger partial charge in [0, 0.05) is 55.3 Å². The monoisotopic (exact) mass is 798 g/mol. The van der Waals surface area contributed by atoms with Crippen LogP contribution >= 0.6 is 7.75 Å². The molecule has 5 aromatic rings. The van der Waals surface area contributed by atoms with Gasteiger partial charge in [-0.15, -0.1) is 6.42 Å². The Morgan fingerprint density at radius 3 is 2.60 bits per heavy atom. The zero-order chi connectivity index (χ0) is 39.5. The first-order valence-electron chi connectivity index (χ1n) is 19.4. The third kappa shape index (κ3) is 6.69. The lowest BCUT2D eigenvalue weighted by atomic mass is 9.95. The molecule has 6 heterocycles. The zero-order valence-corrected chi connectivity index (χ0v) is 32.3. The van der Waals surface area contributed by atoms with Crippen LogP contribution in [0.2, 0.25) is 0 Å². The number of piperazine rings is 1. The standard InChI is InChI=1S/C42H42F3N6O5P/c1-3-32-35(44)14-11-27-17-31(52)18-33(36(27)32)38-37(45)39-34(20-46-38)40(48-41(47-39)54-25-42-15-8-16-50(42)21-28(43)19-42)49-22-29-12-13-30(23-49)51(29)57(53,55-4-2)56-24-26-9-6-5-7-10-26/h1,5-7,9-11,14,17-18,20,28-30,52H,4,8,12-13,15-16,19,21-25H2,2H3/t28-,29?,30?,42+,57?/m1/s1. The quantitative estimate of drug-likeness (QED) is 0.104. The van der Waals surface area contributed by atoms with Gasteiger partial charge in [0.25, 0.3) is 0 Å². The van der Waals surface area contributed by atoms with Gasteiger partial charge in [-0.05, 0) is 68.3 Å². The molecule has 4 aliphatic heterocycles. The molecule has 15 heteroatoms. The van der Waals surface area contributed by atoms with Crippen LogP contribution in [0.15, 0.2) is 60.8 Å². The SMILES string of the molecule is C#Cc1c(F)ccc2cc(O)cc(-c3ncc4c(N5CC6CCC(C5)N6P(=O)(OCC)OCc5ccccc5)nc(OC[C@@]56CCCN5C[C@H](F)C6)nc4c3F)c12. The van der Waals surface area contributed by atoms with Crippen LogP contribution in [0, 0.1) is 24.0 Å². The van der Waals surface area contributed by atoms with Crippen molar-refractivity contribution in [3.8, 4) is 35.4 Å². The van der Waals surface area contributed by atoms with Gasteiger partial charge >= 0.3 is 13.8 Å². The number of benzene rings is 3. The number of aromatic nitrogens is 3. The van der Waals surface area contributed by atoms with Crippen LogP contribution < -0.4 is 9.64 Å². The summed E-state index contributed by atoms with van der Waals surface area (Å²) in [7, 11) is -3.73. The Balaban J connectivity index is 1.11. The van der Waals surface area contributed by atoms with Crippen LogP contribution in [0.5, 0.6) is 11.8 Å². The van der Waals surface area contributed by atoms with E-state index in [2.05, 4.69) is 20.8 Å². The predicted octanol–water partition coefficient (Wildman–Crippen LogP) is 7.78. The molecule has 57 heavy (non-hydrogen) atoms. The summed E-state index contributed by atoms with van der Waals surface area (Å²) < 4.78 is 81.6. The van der Waals surface area contributed by atoms with Gasteiger partial charge in [0.05, 0.1) is 29.7 Å². The summed E-state index contributed by atoms with van der Waals surface area (Å²) in [6, 6.07) is 14.3. The number of pyridine rings is 1. The zero-order valence-electron chi connectivity index (χ0n) is 31.4. The number of alkyl halides is 1. The van der Waals surface area contributed by atoms with E-state index in [-0.39, 0.29) is 71.4 Å². The van der Waals surface area contributed by atoms with Gasteiger partial charge in [-0.25, -0.2) is 17.7 Å². The fraction of sp³-hybridized carbons (Fsp3) is 0.405. The second-order valence-electron chi connectivity index (χ2n) is 15.4. The molecule has 0 radical (unpaired) electrons. The third-order valence-electron chi connectivity index (χ3n) is 11.9. The van der Waals surface area contributed by atoms with Crippen molar-refractivity contribution in [3.63, 3.8) is 0 Å². The number of phenols is 1. The molecule has 9 rings (SSSR count). The van der Waals surface area contributed by atoms with Crippen LogP contribution in [0.1, 0.15) is 50.2 Å². The van der Waals surface area contributed by atoms with E-state index in [9.17, 15) is 14.1 Å². The van der Waals surface area contributed by atoms with Gasteiger partial charge in [-0.2, -0.15) is 14.6 Å². The van der Waals surface area contributed by atoms with Crippen molar-refractivity contribution < 1.29 is 36.6 Å². The molecule has 3 aromatic carbocycles. The maximum atomic E-state index is 17.2. The molecular formula is C42H42F3N6O5P. The van der Waals surface area contributed by atoms with Crippen molar-refractivity contribution in [1.82, 2.24) is 24.5 Å². The highest BCUT2D eigenvalue weighted by atomic mass is 31.2. The van der Waals surface area contributed by atoms with E-state index in [0.717, 1.165) is 37.8 Å². The van der Waals surface area contributed by atoms with Crippen molar-refractivity contribution in [2.75, 3.05) is 44.3 Å². The highest BCUT2D eigenvalue weighted by Gasteiger charge is 2.52. The minimum atomic E-state index is -3.73. The fourth-order valence-corrected chi connectivity index (χ4v) is 11.6. The normalized spacial score (nSPS) is 24.5. The first-order chi connectivity index (χ1) is 27.6. The van der Waals surface area contributed by atoms with E-state index in [4.69, 9.17) is 25.2 Å². The van der Waals surface area contributed by atoms with Crippen molar-refractivity contribution in [2.24, 2.45) is 0 Å². The Kier molecular flexibility index (Phi) is 9.86. The minimum Gasteiger partial charge on any atom is -0.508 e. The lowest BCUT2D eigenvalue weighted by Gasteiger charge is -2.43. The Hall–Kier alpha value is -4.77. The topological polar surface area (TPSA) is 113 Å². The second-order valence-corrected chi connectivity index (χ2v) is 17.3. The van der Waals surface area contributed by atoms with Crippen molar-refractivity contribution >= 4 is 35.2 Å². The molecule has 5 atom stereocenters. The van der Waals surface area contributed by atoms with Crippen LogP contribution in [0.25, 0.3) is 32.9 Å². The molecule has 3 unspecified atom stereocenters. The van der Waals surface area contributed by atoms with Gasteiger partial charge in [0.15, 0.2) is 5.82 Å². The number of terminal acetylenes is 1. The number of phenolic OH excluding ortho intramolecular Hbond substituents is 1. The number of fused-ring (bicyclic) bond motifs is 5. The lowest BCUT2D eigenvalue weighted by Crippen LogP contribution is -2.52. The summed E-state index contributed by atoms with van der Waals surface area (Å²) in [6.45, 7) is 4.05. The highest BCUT2D eigenvalue weighted by Crippen LogP contribution is 2.59. The maximum absolute atomic E-state index is 17.2. The molecular weight excluding hydrogens is 756 g/mol. The fourth-order valence-electron chi connectivity index (χ4n) is 9.43. The van der Waals surface area contributed by atoms with E-state index in [1.54, 1.807) is 6.92 Å². The summed E-state index contributed by atoms with van der Waals surface area (Å²) in [5.74, 6) is 1.04. The molecule has 0 spiro atoms. The Bertz CT molecular complexity index is 2440. The Morgan fingerprint density at radius 1 is 1.05 bits per heavy atom.